The average Bonchev–Trinajstić information content (AvgIpc) is 2.73. The normalized spacial score (nSPS) is 10.1. The van der Waals surface area contributed by atoms with Crippen LogP contribution >= 0.6 is 0 Å². The molecule has 0 unspecified atom stereocenters. The molecule has 0 bridgehead atoms. The minimum Gasteiger partial charge on any atom is -0.497 e. The van der Waals surface area contributed by atoms with Gasteiger partial charge in [-0.2, -0.15) is 0 Å². The van der Waals surface area contributed by atoms with Gasteiger partial charge in [-0.1, -0.05) is 11.3 Å². The summed E-state index contributed by atoms with van der Waals surface area (Å²) in [5.41, 5.74) is 1.91. The summed E-state index contributed by atoms with van der Waals surface area (Å²) in [6, 6.07) is 7.78. The Labute approximate surface area is 94.0 Å². The lowest BCUT2D eigenvalue weighted by Gasteiger charge is -2.05. The number of benzene rings is 1. The highest BCUT2D eigenvalue weighted by atomic mass is 16.5. The molecule has 2 aromatic rings. The molecule has 5 heteroatoms. The molecule has 1 heterocycles. The predicted octanol–water partition coefficient (Wildman–Crippen LogP) is 1.44. The zero-order valence-corrected chi connectivity index (χ0v) is 9.34. The SMILES string of the molecule is COc1cccc(NCc2cn(C)nn2)c1. The number of nitrogens with one attached hydrogen (secondary N) is 1. The Kier molecular flexibility index (Phi) is 3.05. The smallest absolute Gasteiger partial charge is 0.120 e. The van der Waals surface area contributed by atoms with Crippen LogP contribution in [0, 0.1) is 0 Å². The van der Waals surface area contributed by atoms with E-state index in [2.05, 4.69) is 15.6 Å². The van der Waals surface area contributed by atoms with E-state index in [1.165, 1.54) is 0 Å². The van der Waals surface area contributed by atoms with Crippen molar-refractivity contribution in [3.8, 4) is 5.75 Å². The van der Waals surface area contributed by atoms with Crippen LogP contribution in [0.25, 0.3) is 0 Å². The van der Waals surface area contributed by atoms with E-state index in [-0.39, 0.29) is 0 Å². The van der Waals surface area contributed by atoms with Crippen LogP contribution in [0.1, 0.15) is 5.69 Å². The van der Waals surface area contributed by atoms with E-state index in [0.717, 1.165) is 17.1 Å². The van der Waals surface area contributed by atoms with Crippen molar-refractivity contribution < 1.29 is 4.74 Å². The summed E-state index contributed by atoms with van der Waals surface area (Å²) in [5.74, 6) is 0.837. The number of aromatic nitrogens is 3. The molecular formula is C11H14N4O. The first-order valence-electron chi connectivity index (χ1n) is 5.01. The lowest BCUT2D eigenvalue weighted by atomic mass is 10.3. The molecular weight excluding hydrogens is 204 g/mol. The van der Waals surface area contributed by atoms with Crippen LogP contribution in [-0.4, -0.2) is 22.1 Å². The van der Waals surface area contributed by atoms with Crippen molar-refractivity contribution in [2.24, 2.45) is 7.05 Å². The Morgan fingerprint density at radius 3 is 3.00 bits per heavy atom. The third-order valence-electron chi connectivity index (χ3n) is 2.19. The molecule has 5 nitrogen and oxygen atoms in total. The molecule has 1 aromatic carbocycles. The van der Waals surface area contributed by atoms with Crippen molar-refractivity contribution in [2.45, 2.75) is 6.54 Å². The van der Waals surface area contributed by atoms with E-state index in [1.807, 2.05) is 37.5 Å². The molecule has 2 rings (SSSR count). The maximum absolute atomic E-state index is 5.14. The molecule has 16 heavy (non-hydrogen) atoms. The first kappa shape index (κ1) is 10.5. The largest absolute Gasteiger partial charge is 0.497 e. The highest BCUT2D eigenvalue weighted by Crippen LogP contribution is 2.16. The number of rotatable bonds is 4. The summed E-state index contributed by atoms with van der Waals surface area (Å²) in [4.78, 5) is 0. The second-order valence-corrected chi connectivity index (χ2v) is 3.47. The Morgan fingerprint density at radius 2 is 2.31 bits per heavy atom. The second kappa shape index (κ2) is 4.65. The minimum atomic E-state index is 0.654. The summed E-state index contributed by atoms with van der Waals surface area (Å²) in [7, 11) is 3.50. The maximum Gasteiger partial charge on any atom is 0.120 e. The van der Waals surface area contributed by atoms with Gasteiger partial charge in [-0.15, -0.1) is 5.10 Å². The highest BCUT2D eigenvalue weighted by molar-refractivity contribution is 5.48. The van der Waals surface area contributed by atoms with Gasteiger partial charge in [-0.05, 0) is 12.1 Å². The number of ether oxygens (including phenoxy) is 1. The summed E-state index contributed by atoms with van der Waals surface area (Å²) >= 11 is 0. The third-order valence-corrected chi connectivity index (χ3v) is 2.19. The first-order valence-corrected chi connectivity index (χ1v) is 5.01. The molecule has 0 radical (unpaired) electrons. The van der Waals surface area contributed by atoms with Gasteiger partial charge in [0.2, 0.25) is 0 Å². The number of hydrogen-bond acceptors (Lipinski definition) is 4. The molecule has 0 amide bonds. The molecule has 0 saturated carbocycles. The van der Waals surface area contributed by atoms with Crippen molar-refractivity contribution in [3.05, 3.63) is 36.2 Å². The topological polar surface area (TPSA) is 52.0 Å². The third kappa shape index (κ3) is 2.50. The van der Waals surface area contributed by atoms with Gasteiger partial charge in [0.15, 0.2) is 0 Å². The van der Waals surface area contributed by atoms with Gasteiger partial charge in [0.05, 0.1) is 13.7 Å². The van der Waals surface area contributed by atoms with Gasteiger partial charge in [-0.3, -0.25) is 4.68 Å². The van der Waals surface area contributed by atoms with Crippen molar-refractivity contribution >= 4 is 5.69 Å². The van der Waals surface area contributed by atoms with Crippen molar-refractivity contribution in [3.63, 3.8) is 0 Å². The Morgan fingerprint density at radius 1 is 1.44 bits per heavy atom. The monoisotopic (exact) mass is 218 g/mol. The lowest BCUT2D eigenvalue weighted by Crippen LogP contribution is -1.99. The van der Waals surface area contributed by atoms with E-state index in [9.17, 15) is 0 Å². The van der Waals surface area contributed by atoms with Crippen molar-refractivity contribution in [1.29, 1.82) is 0 Å². The minimum absolute atomic E-state index is 0.654. The van der Waals surface area contributed by atoms with Crippen LogP contribution in [-0.2, 0) is 13.6 Å². The molecule has 0 aliphatic rings. The molecule has 0 fully saturated rings. The van der Waals surface area contributed by atoms with Gasteiger partial charge in [0, 0.05) is 25.0 Å². The van der Waals surface area contributed by atoms with Crippen LogP contribution in [0.15, 0.2) is 30.5 Å². The average molecular weight is 218 g/mol. The fourth-order valence-corrected chi connectivity index (χ4v) is 1.40. The summed E-state index contributed by atoms with van der Waals surface area (Å²) in [5, 5.41) is 11.1. The lowest BCUT2D eigenvalue weighted by molar-refractivity contribution is 0.415. The Hall–Kier alpha value is -2.04. The van der Waals surface area contributed by atoms with E-state index >= 15 is 0 Å². The van der Waals surface area contributed by atoms with Crippen molar-refractivity contribution in [1.82, 2.24) is 15.0 Å². The van der Waals surface area contributed by atoms with Crippen LogP contribution < -0.4 is 10.1 Å². The number of methoxy groups -OCH3 is 1. The highest BCUT2D eigenvalue weighted by Gasteiger charge is 1.99. The molecule has 1 aromatic heterocycles. The quantitative estimate of drug-likeness (QED) is 0.843. The van der Waals surface area contributed by atoms with Gasteiger partial charge in [-0.25, -0.2) is 0 Å². The number of hydrogen-bond donors (Lipinski definition) is 1. The Balaban J connectivity index is 1.99. The van der Waals surface area contributed by atoms with Gasteiger partial charge < -0.3 is 10.1 Å². The van der Waals surface area contributed by atoms with Gasteiger partial charge >= 0.3 is 0 Å². The zero-order chi connectivity index (χ0) is 11.4. The van der Waals surface area contributed by atoms with Gasteiger partial charge in [0.25, 0.3) is 0 Å². The molecule has 0 atom stereocenters. The number of aryl methyl sites for hydroxylation is 1. The molecule has 0 spiro atoms. The molecule has 0 aliphatic carbocycles. The summed E-state index contributed by atoms with van der Waals surface area (Å²) < 4.78 is 6.82. The van der Waals surface area contributed by atoms with E-state index < -0.39 is 0 Å². The molecule has 0 saturated heterocycles. The standard InChI is InChI=1S/C11H14N4O/c1-15-8-10(13-14-15)7-12-9-4-3-5-11(6-9)16-2/h3-6,8,12H,7H2,1-2H3. The summed E-state index contributed by atoms with van der Waals surface area (Å²) in [6.07, 6.45) is 1.88. The van der Waals surface area contributed by atoms with Crippen LogP contribution in [0.3, 0.4) is 0 Å². The zero-order valence-electron chi connectivity index (χ0n) is 9.34. The first-order chi connectivity index (χ1) is 7.78. The van der Waals surface area contributed by atoms with Crippen molar-refractivity contribution in [2.75, 3.05) is 12.4 Å². The molecule has 84 valence electrons. The van der Waals surface area contributed by atoms with Crippen LogP contribution in [0.4, 0.5) is 5.69 Å². The molecule has 1 N–H and O–H groups in total. The maximum atomic E-state index is 5.14. The van der Waals surface area contributed by atoms with E-state index in [1.54, 1.807) is 11.8 Å². The van der Waals surface area contributed by atoms with Crippen LogP contribution in [0.5, 0.6) is 5.75 Å². The summed E-state index contributed by atoms with van der Waals surface area (Å²) in [6.45, 7) is 0.654. The van der Waals surface area contributed by atoms with Crippen LogP contribution in [0.2, 0.25) is 0 Å². The van der Waals surface area contributed by atoms with E-state index in [4.69, 9.17) is 4.74 Å². The predicted molar refractivity (Wildman–Crippen MR) is 61.3 cm³/mol. The number of anilines is 1. The number of nitrogens with zero attached hydrogens (tertiary/aromatic N) is 3. The van der Waals surface area contributed by atoms with Gasteiger partial charge in [0.1, 0.15) is 11.4 Å². The Bertz CT molecular complexity index is 467. The second-order valence-electron chi connectivity index (χ2n) is 3.47. The fraction of sp³-hybridized carbons (Fsp3) is 0.273. The molecule has 0 aliphatic heterocycles. The van der Waals surface area contributed by atoms with E-state index in [0.29, 0.717) is 6.54 Å². The fourth-order valence-electron chi connectivity index (χ4n) is 1.40.